The van der Waals surface area contributed by atoms with Crippen molar-refractivity contribution in [1.29, 1.82) is 0 Å². The Morgan fingerprint density at radius 1 is 1.45 bits per heavy atom. The molecule has 1 aromatic rings. The predicted molar refractivity (Wildman–Crippen MR) is 84.7 cm³/mol. The van der Waals surface area contributed by atoms with Gasteiger partial charge in [-0.3, -0.25) is 4.79 Å². The van der Waals surface area contributed by atoms with Gasteiger partial charge in [0.2, 0.25) is 5.91 Å². The van der Waals surface area contributed by atoms with Crippen molar-refractivity contribution < 1.29 is 4.79 Å². The van der Waals surface area contributed by atoms with E-state index in [4.69, 9.17) is 0 Å². The second kappa shape index (κ2) is 10.0. The van der Waals surface area contributed by atoms with Crippen LogP contribution in [0, 0.1) is 12.8 Å². The number of rotatable bonds is 5. The van der Waals surface area contributed by atoms with Crippen molar-refractivity contribution in [2.24, 2.45) is 5.92 Å². The van der Waals surface area contributed by atoms with Gasteiger partial charge in [0.15, 0.2) is 0 Å². The molecule has 0 bridgehead atoms. The van der Waals surface area contributed by atoms with Gasteiger partial charge in [-0.1, -0.05) is 0 Å². The number of hydrogen-bond donors (Lipinski definition) is 2. The molecule has 0 unspecified atom stereocenters. The highest BCUT2D eigenvalue weighted by Crippen LogP contribution is 2.15. The molecule has 0 aromatic carbocycles. The summed E-state index contributed by atoms with van der Waals surface area (Å²) in [6, 6.07) is 0. The average Bonchev–Trinajstić information content (AvgIpc) is 2.76. The zero-order chi connectivity index (χ0) is 12.8. The lowest BCUT2D eigenvalue weighted by Gasteiger charge is -2.21. The van der Waals surface area contributed by atoms with Crippen LogP contribution in [-0.4, -0.2) is 35.1 Å². The summed E-state index contributed by atoms with van der Waals surface area (Å²) in [5, 5.41) is 6.30. The van der Waals surface area contributed by atoms with Gasteiger partial charge in [-0.25, -0.2) is 4.98 Å². The van der Waals surface area contributed by atoms with E-state index in [-0.39, 0.29) is 30.7 Å². The molecule has 116 valence electrons. The van der Waals surface area contributed by atoms with Gasteiger partial charge in [0.1, 0.15) is 5.82 Å². The number of halogens is 2. The molecule has 0 aliphatic carbocycles. The van der Waals surface area contributed by atoms with Gasteiger partial charge >= 0.3 is 0 Å². The van der Waals surface area contributed by atoms with Crippen LogP contribution in [0.25, 0.3) is 0 Å². The number of nitrogens with one attached hydrogen (secondary N) is 2. The van der Waals surface area contributed by atoms with Gasteiger partial charge in [0, 0.05) is 31.9 Å². The quantitative estimate of drug-likeness (QED) is 0.864. The molecule has 1 amide bonds. The molecular formula is C13H24Cl2N4O. The van der Waals surface area contributed by atoms with Gasteiger partial charge in [0.05, 0.1) is 0 Å². The molecule has 2 heterocycles. The minimum absolute atomic E-state index is 0. The van der Waals surface area contributed by atoms with Crippen molar-refractivity contribution in [3.05, 3.63) is 18.2 Å². The molecule has 0 atom stereocenters. The normalized spacial score (nSPS) is 15.1. The minimum atomic E-state index is 0. The van der Waals surface area contributed by atoms with Crippen molar-refractivity contribution in [3.63, 3.8) is 0 Å². The van der Waals surface area contributed by atoms with E-state index < -0.39 is 0 Å². The maximum Gasteiger partial charge on any atom is 0.220 e. The number of hydrogen-bond acceptors (Lipinski definition) is 3. The zero-order valence-electron chi connectivity index (χ0n) is 11.8. The summed E-state index contributed by atoms with van der Waals surface area (Å²) in [6.07, 6.45) is 6.63. The maximum absolute atomic E-state index is 11.8. The molecule has 5 nitrogen and oxygen atoms in total. The third-order valence-electron chi connectivity index (χ3n) is 3.53. The van der Waals surface area contributed by atoms with E-state index >= 15 is 0 Å². The van der Waals surface area contributed by atoms with E-state index in [1.165, 1.54) is 0 Å². The van der Waals surface area contributed by atoms with E-state index in [0.717, 1.165) is 38.3 Å². The Morgan fingerprint density at radius 2 is 2.15 bits per heavy atom. The zero-order valence-corrected chi connectivity index (χ0v) is 13.4. The summed E-state index contributed by atoms with van der Waals surface area (Å²) in [4.78, 5) is 15.9. The van der Waals surface area contributed by atoms with E-state index in [1.54, 1.807) is 6.20 Å². The lowest BCUT2D eigenvalue weighted by atomic mass is 9.94. The molecule has 0 radical (unpaired) electrons. The molecule has 1 fully saturated rings. The van der Waals surface area contributed by atoms with Crippen LogP contribution in [0.5, 0.6) is 0 Å². The Bertz CT molecular complexity index is 391. The van der Waals surface area contributed by atoms with Crippen molar-refractivity contribution in [2.75, 3.05) is 19.6 Å². The molecule has 1 aliphatic heterocycles. The van der Waals surface area contributed by atoms with Crippen LogP contribution in [0.2, 0.25) is 0 Å². The van der Waals surface area contributed by atoms with Crippen LogP contribution in [0.4, 0.5) is 0 Å². The first-order chi connectivity index (χ1) is 8.75. The Kier molecular flexibility index (Phi) is 9.63. The van der Waals surface area contributed by atoms with Gasteiger partial charge in [-0.2, -0.15) is 0 Å². The number of aromatic nitrogens is 2. The standard InChI is InChI=1S/C13H22N4O.2ClH/c1-11-15-6-8-17(11)9-7-16-13(18)10-12-2-4-14-5-3-12;;/h6,8,12,14H,2-5,7,9-10H2,1H3,(H,16,18);2*1H. The summed E-state index contributed by atoms with van der Waals surface area (Å²) in [6.45, 7) is 5.54. The summed E-state index contributed by atoms with van der Waals surface area (Å²) >= 11 is 0. The van der Waals surface area contributed by atoms with E-state index in [9.17, 15) is 4.79 Å². The second-order valence-corrected chi connectivity index (χ2v) is 4.92. The molecule has 1 aliphatic rings. The molecule has 7 heteroatoms. The monoisotopic (exact) mass is 322 g/mol. The first-order valence-corrected chi connectivity index (χ1v) is 6.71. The summed E-state index contributed by atoms with van der Waals surface area (Å²) < 4.78 is 2.05. The summed E-state index contributed by atoms with van der Waals surface area (Å²) in [5.41, 5.74) is 0. The van der Waals surface area contributed by atoms with Crippen LogP contribution >= 0.6 is 24.8 Å². The van der Waals surface area contributed by atoms with E-state index in [2.05, 4.69) is 15.6 Å². The molecule has 1 aromatic heterocycles. The first-order valence-electron chi connectivity index (χ1n) is 6.71. The summed E-state index contributed by atoms with van der Waals surface area (Å²) in [7, 11) is 0. The highest BCUT2D eigenvalue weighted by atomic mass is 35.5. The lowest BCUT2D eigenvalue weighted by molar-refractivity contribution is -0.122. The third-order valence-corrected chi connectivity index (χ3v) is 3.53. The smallest absolute Gasteiger partial charge is 0.220 e. The number of aryl methyl sites for hydroxylation is 1. The van der Waals surface area contributed by atoms with E-state index in [1.807, 2.05) is 17.7 Å². The Hall–Kier alpha value is -0.780. The SMILES string of the molecule is Cc1nccn1CCNC(=O)CC1CCNCC1.Cl.Cl. The number of nitrogens with zero attached hydrogens (tertiary/aromatic N) is 2. The molecule has 2 N–H and O–H groups in total. The Labute approximate surface area is 132 Å². The maximum atomic E-state index is 11.8. The number of piperidine rings is 1. The third kappa shape index (κ3) is 6.11. The molecule has 20 heavy (non-hydrogen) atoms. The molecular weight excluding hydrogens is 299 g/mol. The fourth-order valence-electron chi connectivity index (χ4n) is 2.38. The van der Waals surface area contributed by atoms with Crippen LogP contribution in [0.1, 0.15) is 25.1 Å². The van der Waals surface area contributed by atoms with Gasteiger partial charge in [0.25, 0.3) is 0 Å². The van der Waals surface area contributed by atoms with Crippen molar-refractivity contribution >= 4 is 30.7 Å². The van der Waals surface area contributed by atoms with E-state index in [0.29, 0.717) is 18.9 Å². The Morgan fingerprint density at radius 3 is 2.75 bits per heavy atom. The lowest BCUT2D eigenvalue weighted by Crippen LogP contribution is -2.33. The van der Waals surface area contributed by atoms with Crippen LogP contribution in [0.3, 0.4) is 0 Å². The summed E-state index contributed by atoms with van der Waals surface area (Å²) in [5.74, 6) is 1.73. The highest BCUT2D eigenvalue weighted by molar-refractivity contribution is 5.85. The molecule has 1 saturated heterocycles. The first kappa shape index (κ1) is 19.2. The van der Waals surface area contributed by atoms with Crippen molar-refractivity contribution in [2.45, 2.75) is 32.7 Å². The number of amides is 1. The highest BCUT2D eigenvalue weighted by Gasteiger charge is 2.16. The van der Waals surface area contributed by atoms with Gasteiger partial charge < -0.3 is 15.2 Å². The molecule has 0 spiro atoms. The predicted octanol–water partition coefficient (Wildman–Crippen LogP) is 1.54. The topological polar surface area (TPSA) is 59.0 Å². The van der Waals surface area contributed by atoms with Crippen molar-refractivity contribution in [3.8, 4) is 0 Å². The fraction of sp³-hybridized carbons (Fsp3) is 0.692. The largest absolute Gasteiger partial charge is 0.354 e. The van der Waals surface area contributed by atoms with Crippen LogP contribution < -0.4 is 10.6 Å². The number of carbonyl (C=O) groups is 1. The van der Waals surface area contributed by atoms with Crippen LogP contribution in [0.15, 0.2) is 12.4 Å². The van der Waals surface area contributed by atoms with Gasteiger partial charge in [-0.15, -0.1) is 24.8 Å². The number of carbonyl (C=O) groups excluding carboxylic acids is 1. The van der Waals surface area contributed by atoms with Crippen molar-refractivity contribution in [1.82, 2.24) is 20.2 Å². The molecule has 2 rings (SSSR count). The number of imidazole rings is 1. The Balaban J connectivity index is 0.00000180. The molecule has 0 saturated carbocycles. The fourth-order valence-corrected chi connectivity index (χ4v) is 2.38. The van der Waals surface area contributed by atoms with Crippen LogP contribution in [-0.2, 0) is 11.3 Å². The minimum Gasteiger partial charge on any atom is -0.354 e. The van der Waals surface area contributed by atoms with Gasteiger partial charge in [-0.05, 0) is 38.8 Å². The average molecular weight is 323 g/mol. The second-order valence-electron chi connectivity index (χ2n) is 4.92.